The van der Waals surface area contributed by atoms with Crippen LogP contribution in [0.5, 0.6) is 11.5 Å². The maximum atomic E-state index is 13.0. The van der Waals surface area contributed by atoms with E-state index >= 15 is 0 Å². The molecule has 1 aromatic carbocycles. The predicted molar refractivity (Wildman–Crippen MR) is 63.3 cm³/mol. The smallest absolute Gasteiger partial charge is 0.323 e. The minimum Gasteiger partial charge on any atom is -0.486 e. The summed E-state index contributed by atoms with van der Waals surface area (Å²) in [6, 6.07) is 2.96. The highest BCUT2D eigenvalue weighted by molar-refractivity contribution is 5.82. The molecular weight excluding hydrogens is 274 g/mol. The monoisotopic (exact) mass is 284 g/mol. The lowest BCUT2D eigenvalue weighted by molar-refractivity contribution is -0.137. The molecule has 1 aromatic heterocycles. The number of alkyl halides is 2. The summed E-state index contributed by atoms with van der Waals surface area (Å²) in [6.07, 6.45) is -2.86. The minimum absolute atomic E-state index is 0.255. The van der Waals surface area contributed by atoms with Crippen molar-refractivity contribution in [1.29, 1.82) is 0 Å². The number of rotatable bonds is 3. The third-order valence-electron chi connectivity index (χ3n) is 2.93. The van der Waals surface area contributed by atoms with Gasteiger partial charge in [0.15, 0.2) is 17.3 Å². The Kier molecular flexibility index (Phi) is 2.92. The van der Waals surface area contributed by atoms with Crippen molar-refractivity contribution in [3.8, 4) is 11.5 Å². The molecule has 0 bridgehead atoms. The molecule has 0 amide bonds. The molecule has 20 heavy (non-hydrogen) atoms. The fourth-order valence-electron chi connectivity index (χ4n) is 2.15. The van der Waals surface area contributed by atoms with Crippen molar-refractivity contribution in [2.75, 3.05) is 13.2 Å². The first-order valence-corrected chi connectivity index (χ1v) is 5.86. The molecule has 0 spiro atoms. The minimum atomic E-state index is -2.86. The number of nitrogens with zero attached hydrogens (tertiary/aromatic N) is 2. The van der Waals surface area contributed by atoms with E-state index in [4.69, 9.17) is 14.6 Å². The summed E-state index contributed by atoms with van der Waals surface area (Å²) in [7, 11) is 0. The Morgan fingerprint density at radius 1 is 1.35 bits per heavy atom. The average molecular weight is 284 g/mol. The fourth-order valence-corrected chi connectivity index (χ4v) is 2.15. The zero-order valence-electron chi connectivity index (χ0n) is 10.2. The number of carboxylic acids is 1. The van der Waals surface area contributed by atoms with Gasteiger partial charge in [0.1, 0.15) is 19.8 Å². The lowest BCUT2D eigenvalue weighted by atomic mass is 10.2. The third-order valence-corrected chi connectivity index (χ3v) is 2.93. The van der Waals surface area contributed by atoms with E-state index in [-0.39, 0.29) is 11.0 Å². The topological polar surface area (TPSA) is 73.6 Å². The predicted octanol–water partition coefficient (Wildman–Crippen LogP) is 1.83. The van der Waals surface area contributed by atoms with Gasteiger partial charge >= 0.3 is 5.97 Å². The Balaban J connectivity index is 2.21. The van der Waals surface area contributed by atoms with E-state index in [1.807, 2.05) is 0 Å². The second kappa shape index (κ2) is 4.62. The molecule has 0 fully saturated rings. The van der Waals surface area contributed by atoms with Crippen LogP contribution in [0.15, 0.2) is 12.1 Å². The van der Waals surface area contributed by atoms with Crippen LogP contribution in [0.1, 0.15) is 12.2 Å². The molecular formula is C12H10F2N2O4. The second-order valence-electron chi connectivity index (χ2n) is 4.24. The van der Waals surface area contributed by atoms with Gasteiger partial charge in [0.2, 0.25) is 0 Å². The quantitative estimate of drug-likeness (QED) is 0.930. The molecule has 3 rings (SSSR count). The van der Waals surface area contributed by atoms with Gasteiger partial charge in [0, 0.05) is 12.1 Å². The number of hydrogen-bond donors (Lipinski definition) is 1. The number of benzene rings is 1. The highest BCUT2D eigenvalue weighted by Crippen LogP contribution is 2.36. The lowest BCUT2D eigenvalue weighted by Gasteiger charge is -2.18. The Bertz CT molecular complexity index is 684. The Labute approximate surface area is 111 Å². The summed E-state index contributed by atoms with van der Waals surface area (Å²) in [5.41, 5.74) is 0.540. The number of carbonyl (C=O) groups is 1. The van der Waals surface area contributed by atoms with E-state index in [0.29, 0.717) is 24.7 Å². The summed E-state index contributed by atoms with van der Waals surface area (Å²) in [4.78, 5) is 14.6. The number of aromatic nitrogens is 2. The Hall–Kier alpha value is -2.38. The number of fused-ring (bicyclic) bond motifs is 2. The standard InChI is InChI=1S/C12H10F2N2O4/c13-11(14)12-15-6-3-8-9(20-2-1-19-8)4-7(6)16(12)5-10(17)18/h3-4,11H,1-2,5H2,(H,17,18). The lowest BCUT2D eigenvalue weighted by Crippen LogP contribution is -2.15. The van der Waals surface area contributed by atoms with Crippen LogP contribution >= 0.6 is 0 Å². The van der Waals surface area contributed by atoms with Gasteiger partial charge in [-0.05, 0) is 0 Å². The maximum absolute atomic E-state index is 13.0. The Morgan fingerprint density at radius 3 is 2.60 bits per heavy atom. The van der Waals surface area contributed by atoms with E-state index in [0.717, 1.165) is 4.57 Å². The summed E-state index contributed by atoms with van der Waals surface area (Å²) in [6.45, 7) is 0.138. The molecule has 0 unspecified atom stereocenters. The van der Waals surface area contributed by atoms with Crippen molar-refractivity contribution in [3.63, 3.8) is 0 Å². The van der Waals surface area contributed by atoms with Crippen molar-refractivity contribution in [3.05, 3.63) is 18.0 Å². The fraction of sp³-hybridized carbons (Fsp3) is 0.333. The molecule has 2 heterocycles. The molecule has 6 nitrogen and oxygen atoms in total. The first-order chi connectivity index (χ1) is 9.56. The summed E-state index contributed by atoms with van der Waals surface area (Å²) < 4.78 is 37.6. The number of hydrogen-bond acceptors (Lipinski definition) is 4. The van der Waals surface area contributed by atoms with Crippen LogP contribution in [-0.2, 0) is 11.3 Å². The SMILES string of the molecule is O=C(O)Cn1c(C(F)F)nc2cc3c(cc21)OCCO3. The number of imidazole rings is 1. The highest BCUT2D eigenvalue weighted by Gasteiger charge is 2.23. The van der Waals surface area contributed by atoms with Gasteiger partial charge in [-0.1, -0.05) is 0 Å². The van der Waals surface area contributed by atoms with Crippen molar-refractivity contribution >= 4 is 17.0 Å². The molecule has 0 saturated carbocycles. The van der Waals surface area contributed by atoms with Gasteiger partial charge in [-0.2, -0.15) is 0 Å². The summed E-state index contributed by atoms with van der Waals surface area (Å²) >= 11 is 0. The van der Waals surface area contributed by atoms with Crippen molar-refractivity contribution in [2.24, 2.45) is 0 Å². The first kappa shape index (κ1) is 12.6. The van der Waals surface area contributed by atoms with Gasteiger partial charge in [0.25, 0.3) is 6.43 Å². The average Bonchev–Trinajstić information content (AvgIpc) is 2.74. The second-order valence-corrected chi connectivity index (χ2v) is 4.24. The van der Waals surface area contributed by atoms with E-state index in [1.165, 1.54) is 12.1 Å². The zero-order chi connectivity index (χ0) is 14.3. The van der Waals surface area contributed by atoms with Crippen LogP contribution in [0, 0.1) is 0 Å². The number of aliphatic carboxylic acids is 1. The normalized spacial score (nSPS) is 13.9. The number of ether oxygens (including phenoxy) is 2. The van der Waals surface area contributed by atoms with Gasteiger partial charge in [-0.25, -0.2) is 13.8 Å². The van der Waals surface area contributed by atoms with E-state index < -0.39 is 24.8 Å². The zero-order valence-corrected chi connectivity index (χ0v) is 10.2. The molecule has 0 atom stereocenters. The number of halogens is 2. The maximum Gasteiger partial charge on any atom is 0.323 e. The first-order valence-electron chi connectivity index (χ1n) is 5.86. The number of carboxylic acid groups (broad SMARTS) is 1. The third kappa shape index (κ3) is 2.02. The highest BCUT2D eigenvalue weighted by atomic mass is 19.3. The molecule has 0 radical (unpaired) electrons. The summed E-state index contributed by atoms with van der Waals surface area (Å²) in [5.74, 6) is -0.980. The van der Waals surface area contributed by atoms with Crippen LogP contribution in [0.4, 0.5) is 8.78 Å². The van der Waals surface area contributed by atoms with Crippen molar-refractivity contribution < 1.29 is 28.2 Å². The molecule has 0 aliphatic carbocycles. The van der Waals surface area contributed by atoms with Gasteiger partial charge in [0.05, 0.1) is 11.0 Å². The van der Waals surface area contributed by atoms with Gasteiger partial charge < -0.3 is 19.1 Å². The van der Waals surface area contributed by atoms with Crippen molar-refractivity contribution in [1.82, 2.24) is 9.55 Å². The molecule has 106 valence electrons. The van der Waals surface area contributed by atoms with Crippen LogP contribution in [0.3, 0.4) is 0 Å². The summed E-state index contributed by atoms with van der Waals surface area (Å²) in [5, 5.41) is 8.84. The molecule has 0 saturated heterocycles. The van der Waals surface area contributed by atoms with E-state index in [1.54, 1.807) is 0 Å². The molecule has 2 aromatic rings. The van der Waals surface area contributed by atoms with E-state index in [9.17, 15) is 13.6 Å². The Morgan fingerprint density at radius 2 is 2.00 bits per heavy atom. The molecule has 1 aliphatic rings. The van der Waals surface area contributed by atoms with Crippen LogP contribution in [0.2, 0.25) is 0 Å². The molecule has 1 aliphatic heterocycles. The van der Waals surface area contributed by atoms with Crippen LogP contribution in [-0.4, -0.2) is 33.8 Å². The molecule has 8 heteroatoms. The molecule has 1 N–H and O–H groups in total. The van der Waals surface area contributed by atoms with Gasteiger partial charge in [-0.3, -0.25) is 4.79 Å². The van der Waals surface area contributed by atoms with Gasteiger partial charge in [-0.15, -0.1) is 0 Å². The van der Waals surface area contributed by atoms with E-state index in [2.05, 4.69) is 4.98 Å². The van der Waals surface area contributed by atoms with Crippen molar-refractivity contribution in [2.45, 2.75) is 13.0 Å². The van der Waals surface area contributed by atoms with Crippen LogP contribution in [0.25, 0.3) is 11.0 Å². The largest absolute Gasteiger partial charge is 0.486 e. The van der Waals surface area contributed by atoms with Crippen LogP contribution < -0.4 is 9.47 Å².